The van der Waals surface area contributed by atoms with Crippen molar-refractivity contribution in [2.45, 2.75) is 31.4 Å². The number of rotatable bonds is 10. The van der Waals surface area contributed by atoms with Crippen molar-refractivity contribution in [3.63, 3.8) is 0 Å². The molecular weight excluding hydrogens is 547 g/mol. The Kier molecular flexibility index (Phi) is 8.34. The molecule has 2 heterocycles. The highest BCUT2D eigenvalue weighted by Crippen LogP contribution is 2.30. The first-order valence-corrected chi connectivity index (χ1v) is 14.1. The van der Waals surface area contributed by atoms with E-state index in [9.17, 15) is 9.59 Å². The van der Waals surface area contributed by atoms with E-state index in [-0.39, 0.29) is 22.7 Å². The second-order valence-electron chi connectivity index (χ2n) is 8.94. The number of ether oxygens (including phenoxy) is 3. The number of carbonyl (C=O) groups excluding carboxylic acids is 1. The molecule has 0 N–H and O–H groups in total. The summed E-state index contributed by atoms with van der Waals surface area (Å²) in [5, 5.41) is 5.31. The van der Waals surface area contributed by atoms with Gasteiger partial charge >= 0.3 is 12.0 Å². The molecule has 41 heavy (non-hydrogen) atoms. The lowest BCUT2D eigenvalue weighted by molar-refractivity contribution is -0.151. The van der Waals surface area contributed by atoms with Crippen LogP contribution in [0, 0.1) is 5.82 Å². The molecule has 2 aromatic heterocycles. The quantitative estimate of drug-likeness (QED) is 0.149. The van der Waals surface area contributed by atoms with E-state index >= 15 is 4.39 Å². The van der Waals surface area contributed by atoms with Crippen LogP contribution in [0.4, 0.5) is 4.39 Å². The first-order chi connectivity index (χ1) is 19.9. The summed E-state index contributed by atoms with van der Waals surface area (Å²) in [6, 6.07) is 21.5. The van der Waals surface area contributed by atoms with Crippen molar-refractivity contribution in [2.75, 3.05) is 12.9 Å². The molecule has 0 bridgehead atoms. The summed E-state index contributed by atoms with van der Waals surface area (Å²) in [5.41, 5.74) is 0.432. The monoisotopic (exact) mass is 574 g/mol. The van der Waals surface area contributed by atoms with Crippen molar-refractivity contribution < 1.29 is 23.4 Å². The zero-order valence-corrected chi connectivity index (χ0v) is 23.4. The van der Waals surface area contributed by atoms with Gasteiger partial charge in [-0.25, -0.2) is 18.4 Å². The van der Waals surface area contributed by atoms with Crippen molar-refractivity contribution in [2.24, 2.45) is 0 Å². The lowest BCUT2D eigenvalue weighted by atomic mass is 10.3. The molecule has 210 valence electrons. The second kappa shape index (κ2) is 12.3. The van der Waals surface area contributed by atoms with Gasteiger partial charge in [-0.2, -0.15) is 10.1 Å². The molecule has 0 saturated heterocycles. The van der Waals surface area contributed by atoms with Gasteiger partial charge in [0.15, 0.2) is 11.8 Å². The zero-order valence-electron chi connectivity index (χ0n) is 22.6. The number of carbonyl (C=O) groups is 1. The molecule has 1 atom stereocenters. The predicted molar refractivity (Wildman–Crippen MR) is 154 cm³/mol. The van der Waals surface area contributed by atoms with Crippen LogP contribution in [0.5, 0.6) is 17.5 Å². The molecule has 5 aromatic rings. The van der Waals surface area contributed by atoms with E-state index in [1.807, 2.05) is 43.5 Å². The van der Waals surface area contributed by atoms with Gasteiger partial charge < -0.3 is 14.2 Å². The van der Waals surface area contributed by atoms with Crippen molar-refractivity contribution in [3.8, 4) is 28.9 Å². The standard InChI is InChI=1S/C30H27FN4O5S/c1-4-18-38-29(37)19(2)39-21-14-16-22(17-15-21)40-30-32-26-25(28(36)34(30)24-13-9-8-12-23(24)31)27(41-3)33-35(26)20-10-6-5-7-11-20/h5-17,19H,4,18H2,1-3H3. The first-order valence-electron chi connectivity index (χ1n) is 12.9. The molecule has 11 heteroatoms. The highest BCUT2D eigenvalue weighted by atomic mass is 32.2. The number of fused-ring (bicyclic) bond motifs is 1. The van der Waals surface area contributed by atoms with Crippen LogP contribution >= 0.6 is 11.8 Å². The van der Waals surface area contributed by atoms with Gasteiger partial charge in [-0.05, 0) is 68.1 Å². The van der Waals surface area contributed by atoms with Gasteiger partial charge in [0.1, 0.15) is 27.7 Å². The van der Waals surface area contributed by atoms with Crippen molar-refractivity contribution in [1.29, 1.82) is 0 Å². The molecular formula is C30H27FN4O5S. The van der Waals surface area contributed by atoms with Crippen molar-refractivity contribution >= 4 is 28.8 Å². The summed E-state index contributed by atoms with van der Waals surface area (Å²) in [5.74, 6) is -0.349. The first kappa shape index (κ1) is 27.9. The van der Waals surface area contributed by atoms with Crippen LogP contribution in [0.2, 0.25) is 0 Å². The summed E-state index contributed by atoms with van der Waals surface area (Å²) in [6.45, 7) is 3.84. The lowest BCUT2D eigenvalue weighted by Crippen LogP contribution is -2.26. The van der Waals surface area contributed by atoms with Crippen LogP contribution in [0.15, 0.2) is 88.7 Å². The molecule has 0 saturated carbocycles. The topological polar surface area (TPSA) is 97.5 Å². The molecule has 9 nitrogen and oxygen atoms in total. The third-order valence-corrected chi connectivity index (χ3v) is 6.72. The van der Waals surface area contributed by atoms with E-state index in [4.69, 9.17) is 14.2 Å². The van der Waals surface area contributed by atoms with Crippen LogP contribution < -0.4 is 15.0 Å². The van der Waals surface area contributed by atoms with Gasteiger partial charge in [0, 0.05) is 0 Å². The van der Waals surface area contributed by atoms with Crippen LogP contribution in [-0.2, 0) is 9.53 Å². The molecule has 0 aliphatic rings. The van der Waals surface area contributed by atoms with E-state index in [1.54, 1.807) is 41.9 Å². The van der Waals surface area contributed by atoms with E-state index in [2.05, 4.69) is 10.1 Å². The molecule has 5 rings (SSSR count). The number of nitrogens with zero attached hydrogens (tertiary/aromatic N) is 4. The minimum atomic E-state index is -0.799. The number of hydrogen-bond donors (Lipinski definition) is 0. The maximum absolute atomic E-state index is 15.0. The number of esters is 1. The molecule has 0 fully saturated rings. The third kappa shape index (κ3) is 5.80. The molecule has 1 unspecified atom stereocenters. The van der Waals surface area contributed by atoms with Gasteiger partial charge in [-0.1, -0.05) is 37.3 Å². The molecule has 3 aromatic carbocycles. The van der Waals surface area contributed by atoms with Crippen LogP contribution in [0.25, 0.3) is 22.4 Å². The van der Waals surface area contributed by atoms with E-state index in [0.717, 1.165) is 4.57 Å². The molecule has 0 radical (unpaired) electrons. The number of para-hydroxylation sites is 2. The average Bonchev–Trinajstić information content (AvgIpc) is 3.37. The Labute approximate surface area is 239 Å². The van der Waals surface area contributed by atoms with Gasteiger partial charge in [-0.3, -0.25) is 4.79 Å². The minimum absolute atomic E-state index is 0.0132. The maximum atomic E-state index is 15.0. The Balaban J connectivity index is 1.58. The van der Waals surface area contributed by atoms with Crippen LogP contribution in [-0.4, -0.2) is 44.3 Å². The fourth-order valence-electron chi connectivity index (χ4n) is 4.09. The number of benzene rings is 3. The second-order valence-corrected chi connectivity index (χ2v) is 9.74. The van der Waals surface area contributed by atoms with Crippen LogP contribution in [0.3, 0.4) is 0 Å². The van der Waals surface area contributed by atoms with Gasteiger partial charge in [0.2, 0.25) is 0 Å². The predicted octanol–water partition coefficient (Wildman–Crippen LogP) is 5.95. The Morgan fingerprint density at radius 3 is 2.37 bits per heavy atom. The highest BCUT2D eigenvalue weighted by molar-refractivity contribution is 7.98. The zero-order chi connectivity index (χ0) is 28.9. The lowest BCUT2D eigenvalue weighted by Gasteiger charge is -2.15. The van der Waals surface area contributed by atoms with E-state index < -0.39 is 23.4 Å². The van der Waals surface area contributed by atoms with E-state index in [0.29, 0.717) is 35.2 Å². The molecule has 0 aliphatic heterocycles. The third-order valence-electron chi connectivity index (χ3n) is 6.05. The number of halogens is 1. The summed E-state index contributed by atoms with van der Waals surface area (Å²) < 4.78 is 34.6. The Morgan fingerprint density at radius 2 is 1.68 bits per heavy atom. The SMILES string of the molecule is CCCOC(=O)C(C)Oc1ccc(Oc2nc3c(c(SC)nn3-c3ccccc3)c(=O)n2-c2ccccc2F)cc1. The van der Waals surface area contributed by atoms with Crippen molar-refractivity contribution in [3.05, 3.63) is 95.0 Å². The Hall–Kier alpha value is -4.64. The number of hydrogen-bond acceptors (Lipinski definition) is 8. The number of aromatic nitrogens is 4. The average molecular weight is 575 g/mol. The van der Waals surface area contributed by atoms with E-state index in [1.165, 1.54) is 30.0 Å². The summed E-state index contributed by atoms with van der Waals surface area (Å²) in [7, 11) is 0. The van der Waals surface area contributed by atoms with Crippen LogP contribution in [0.1, 0.15) is 20.3 Å². The fraction of sp³-hybridized carbons (Fsp3) is 0.200. The normalized spacial score (nSPS) is 11.8. The van der Waals surface area contributed by atoms with Gasteiger partial charge in [0.05, 0.1) is 18.0 Å². The summed E-state index contributed by atoms with van der Waals surface area (Å²) in [4.78, 5) is 30.7. The molecule has 0 amide bonds. The largest absolute Gasteiger partial charge is 0.479 e. The molecule has 0 spiro atoms. The Bertz CT molecular complexity index is 1740. The maximum Gasteiger partial charge on any atom is 0.347 e. The highest BCUT2D eigenvalue weighted by Gasteiger charge is 2.24. The van der Waals surface area contributed by atoms with Gasteiger partial charge in [-0.15, -0.1) is 11.8 Å². The molecule has 0 aliphatic carbocycles. The van der Waals surface area contributed by atoms with Gasteiger partial charge in [0.25, 0.3) is 5.56 Å². The van der Waals surface area contributed by atoms with Crippen molar-refractivity contribution in [1.82, 2.24) is 19.3 Å². The summed E-state index contributed by atoms with van der Waals surface area (Å²) >= 11 is 1.29. The number of thioether (sulfide) groups is 1. The Morgan fingerprint density at radius 1 is 1.00 bits per heavy atom. The minimum Gasteiger partial charge on any atom is -0.479 e. The smallest absolute Gasteiger partial charge is 0.347 e. The fourth-order valence-corrected chi connectivity index (χ4v) is 4.64. The summed E-state index contributed by atoms with van der Waals surface area (Å²) in [6.07, 6.45) is 1.72.